The quantitative estimate of drug-likeness (QED) is 0.581. The van der Waals surface area contributed by atoms with Crippen molar-refractivity contribution in [3.63, 3.8) is 0 Å². The molecule has 4 heteroatoms. The van der Waals surface area contributed by atoms with Crippen LogP contribution in [0.3, 0.4) is 0 Å². The number of hydrogen-bond acceptors (Lipinski definition) is 4. The summed E-state index contributed by atoms with van der Waals surface area (Å²) in [6, 6.07) is 4.07. The Morgan fingerprint density at radius 1 is 1.43 bits per heavy atom. The van der Waals surface area contributed by atoms with Crippen molar-refractivity contribution < 1.29 is 0 Å². The molecule has 0 atom stereocenters. The van der Waals surface area contributed by atoms with E-state index < -0.39 is 0 Å². The monoisotopic (exact) mass is 224 g/mol. The lowest BCUT2D eigenvalue weighted by Crippen LogP contribution is -1.95. The highest BCUT2D eigenvalue weighted by atomic mass is 32.9. The first-order valence-electron chi connectivity index (χ1n) is 4.76. The molecule has 0 aliphatic rings. The van der Waals surface area contributed by atoms with Crippen molar-refractivity contribution in [3.05, 3.63) is 23.0 Å². The fraction of sp³-hybridized carbons (Fsp3) is 0.400. The summed E-state index contributed by atoms with van der Waals surface area (Å²) in [5, 5.41) is 1.21. The number of hydrogen-bond donors (Lipinski definition) is 0. The molecular formula is C10H12N2S2. The first-order chi connectivity index (χ1) is 6.92. The van der Waals surface area contributed by atoms with E-state index in [-0.39, 0.29) is 0 Å². The van der Waals surface area contributed by atoms with Gasteiger partial charge in [0, 0.05) is 18.1 Å². The summed E-state index contributed by atoms with van der Waals surface area (Å²) in [6.07, 6.45) is 4.21. The summed E-state index contributed by atoms with van der Waals surface area (Å²) < 4.78 is 1.14. The van der Waals surface area contributed by atoms with Crippen LogP contribution in [0.15, 0.2) is 23.3 Å². The van der Waals surface area contributed by atoms with Gasteiger partial charge in [0.25, 0.3) is 0 Å². The summed E-state index contributed by atoms with van der Waals surface area (Å²) >= 11 is 0. The van der Waals surface area contributed by atoms with Crippen LogP contribution in [-0.2, 0) is 0 Å². The molecule has 74 valence electrons. The predicted octanol–water partition coefficient (Wildman–Crippen LogP) is 3.06. The van der Waals surface area contributed by atoms with Gasteiger partial charge in [-0.25, -0.2) is 4.98 Å². The van der Waals surface area contributed by atoms with Gasteiger partial charge >= 0.3 is 0 Å². The zero-order chi connectivity index (χ0) is 9.80. The lowest BCUT2D eigenvalue weighted by Gasteiger charge is -1.88. The van der Waals surface area contributed by atoms with E-state index in [1.165, 1.54) is 18.2 Å². The molecule has 2 rings (SSSR count). The Hall–Kier alpha value is -0.740. The minimum atomic E-state index is 0.938. The molecule has 0 bridgehead atoms. The highest BCUT2D eigenvalue weighted by Crippen LogP contribution is 2.16. The average Bonchev–Trinajstić information content (AvgIpc) is 2.63. The van der Waals surface area contributed by atoms with E-state index in [0.29, 0.717) is 0 Å². The molecule has 2 nitrogen and oxygen atoms in total. The molecule has 0 aliphatic heterocycles. The SMILES string of the molecule is CCCCN=c1ssc2ncccc12. The van der Waals surface area contributed by atoms with E-state index in [9.17, 15) is 0 Å². The largest absolute Gasteiger partial charge is 0.273 e. The predicted molar refractivity (Wildman–Crippen MR) is 62.8 cm³/mol. The van der Waals surface area contributed by atoms with Crippen LogP contribution in [0.1, 0.15) is 19.8 Å². The Balaban J connectivity index is 2.38. The van der Waals surface area contributed by atoms with Gasteiger partial charge in [-0.15, -0.1) is 0 Å². The number of nitrogens with zero attached hydrogens (tertiary/aromatic N) is 2. The van der Waals surface area contributed by atoms with Crippen molar-refractivity contribution in [1.29, 1.82) is 0 Å². The van der Waals surface area contributed by atoms with Gasteiger partial charge in [0.1, 0.15) is 9.50 Å². The second kappa shape index (κ2) is 4.66. The van der Waals surface area contributed by atoms with Crippen LogP contribution < -0.4 is 4.67 Å². The molecule has 14 heavy (non-hydrogen) atoms. The van der Waals surface area contributed by atoms with Crippen LogP contribution in [0, 0.1) is 0 Å². The maximum atomic E-state index is 4.57. The van der Waals surface area contributed by atoms with Gasteiger partial charge in [0.2, 0.25) is 0 Å². The number of fused-ring (bicyclic) bond motifs is 1. The lowest BCUT2D eigenvalue weighted by atomic mass is 10.3. The van der Waals surface area contributed by atoms with E-state index >= 15 is 0 Å². The van der Waals surface area contributed by atoms with Gasteiger partial charge in [-0.3, -0.25) is 4.99 Å². The third kappa shape index (κ3) is 2.01. The van der Waals surface area contributed by atoms with Gasteiger partial charge in [-0.1, -0.05) is 34.0 Å². The maximum absolute atomic E-state index is 4.57. The third-order valence-electron chi connectivity index (χ3n) is 1.97. The van der Waals surface area contributed by atoms with Crippen LogP contribution >= 0.6 is 20.7 Å². The van der Waals surface area contributed by atoms with Crippen LogP contribution in [0.5, 0.6) is 0 Å². The molecule has 0 saturated heterocycles. The molecule has 0 saturated carbocycles. The summed E-state index contributed by atoms with van der Waals surface area (Å²) in [7, 11) is 3.43. The number of aromatic nitrogens is 1. The molecule has 0 N–H and O–H groups in total. The van der Waals surface area contributed by atoms with Gasteiger partial charge in [0.15, 0.2) is 0 Å². The lowest BCUT2D eigenvalue weighted by molar-refractivity contribution is 0.798. The minimum Gasteiger partial charge on any atom is -0.273 e. The first kappa shape index (κ1) is 9.80. The van der Waals surface area contributed by atoms with Crippen molar-refractivity contribution in [2.24, 2.45) is 4.99 Å². The van der Waals surface area contributed by atoms with Crippen molar-refractivity contribution in [2.45, 2.75) is 19.8 Å². The van der Waals surface area contributed by atoms with Crippen LogP contribution in [-0.4, -0.2) is 11.5 Å². The highest BCUT2D eigenvalue weighted by molar-refractivity contribution is 7.71. The third-order valence-corrected chi connectivity index (χ3v) is 4.24. The van der Waals surface area contributed by atoms with Crippen molar-refractivity contribution in [2.75, 3.05) is 6.54 Å². The van der Waals surface area contributed by atoms with E-state index in [1.54, 1.807) is 20.7 Å². The van der Waals surface area contributed by atoms with Crippen molar-refractivity contribution in [3.8, 4) is 0 Å². The standard InChI is InChI=1S/C10H12N2S2/c1-2-3-6-11-9-8-5-4-7-12-10(8)14-13-9/h4-5,7H,2-3,6H2,1H3. The smallest absolute Gasteiger partial charge is 0.136 e. The first-order valence-corrected chi connectivity index (χ1v) is 6.91. The molecular weight excluding hydrogens is 212 g/mol. The van der Waals surface area contributed by atoms with Crippen LogP contribution in [0.2, 0.25) is 0 Å². The Labute approximate surface area is 90.4 Å². The summed E-state index contributed by atoms with van der Waals surface area (Å²) in [6.45, 7) is 3.12. The molecule has 0 spiro atoms. The van der Waals surface area contributed by atoms with Crippen LogP contribution in [0.4, 0.5) is 0 Å². The molecule has 0 amide bonds. The van der Waals surface area contributed by atoms with Crippen molar-refractivity contribution in [1.82, 2.24) is 4.98 Å². The Morgan fingerprint density at radius 2 is 2.36 bits per heavy atom. The van der Waals surface area contributed by atoms with Gasteiger partial charge in [0.05, 0.1) is 0 Å². The van der Waals surface area contributed by atoms with Gasteiger partial charge < -0.3 is 0 Å². The molecule has 2 aromatic rings. The molecule has 0 aliphatic carbocycles. The summed E-state index contributed by atoms with van der Waals surface area (Å²) in [5.41, 5.74) is 0. The molecule has 2 aromatic heterocycles. The van der Waals surface area contributed by atoms with E-state index in [0.717, 1.165) is 16.0 Å². The van der Waals surface area contributed by atoms with Crippen molar-refractivity contribution >= 4 is 30.9 Å². The van der Waals surface area contributed by atoms with Gasteiger partial charge in [-0.2, -0.15) is 0 Å². The Kier molecular flexibility index (Phi) is 3.26. The maximum Gasteiger partial charge on any atom is 0.136 e. The summed E-state index contributed by atoms with van der Waals surface area (Å²) in [5.74, 6) is 0. The highest BCUT2D eigenvalue weighted by Gasteiger charge is 1.98. The van der Waals surface area contributed by atoms with E-state index in [2.05, 4.69) is 23.0 Å². The fourth-order valence-corrected chi connectivity index (χ4v) is 3.47. The zero-order valence-electron chi connectivity index (χ0n) is 8.06. The zero-order valence-corrected chi connectivity index (χ0v) is 9.70. The van der Waals surface area contributed by atoms with E-state index in [4.69, 9.17) is 0 Å². The topological polar surface area (TPSA) is 25.2 Å². The molecule has 2 heterocycles. The Bertz CT molecular complexity index is 470. The summed E-state index contributed by atoms with van der Waals surface area (Å²) in [4.78, 5) is 9.98. The Morgan fingerprint density at radius 3 is 3.21 bits per heavy atom. The number of rotatable bonds is 3. The molecule has 0 fully saturated rings. The number of unbranched alkanes of at least 4 members (excludes halogenated alkanes) is 1. The van der Waals surface area contributed by atoms with E-state index in [1.807, 2.05) is 12.3 Å². The molecule has 0 aromatic carbocycles. The average molecular weight is 224 g/mol. The number of pyridine rings is 1. The second-order valence-corrected chi connectivity index (χ2v) is 5.17. The molecule has 0 radical (unpaired) electrons. The van der Waals surface area contributed by atoms with Crippen LogP contribution in [0.25, 0.3) is 10.2 Å². The minimum absolute atomic E-state index is 0.938. The fourth-order valence-electron chi connectivity index (χ4n) is 1.19. The second-order valence-electron chi connectivity index (χ2n) is 3.06. The normalized spacial score (nSPS) is 12.5. The molecule has 0 unspecified atom stereocenters. The van der Waals surface area contributed by atoms with Gasteiger partial charge in [-0.05, 0) is 18.6 Å².